The molecule has 0 atom stereocenters. The van der Waals surface area contributed by atoms with Gasteiger partial charge in [-0.05, 0) is 30.7 Å². The molecule has 0 spiro atoms. The minimum Gasteiger partial charge on any atom is -0.497 e. The Labute approximate surface area is 109 Å². The number of methoxy groups -OCH3 is 1. The molecule has 2 rings (SSSR count). The summed E-state index contributed by atoms with van der Waals surface area (Å²) in [6, 6.07) is 7.83. The van der Waals surface area contributed by atoms with Crippen LogP contribution in [0.4, 0.5) is 0 Å². The first-order valence-corrected chi connectivity index (χ1v) is 6.71. The summed E-state index contributed by atoms with van der Waals surface area (Å²) < 4.78 is 5.12. The van der Waals surface area contributed by atoms with Crippen molar-refractivity contribution in [2.24, 2.45) is 0 Å². The van der Waals surface area contributed by atoms with Crippen LogP contribution in [0.15, 0.2) is 24.3 Å². The minimum atomic E-state index is 0.664. The number of rotatable bonds is 5. The fourth-order valence-electron chi connectivity index (χ4n) is 1.42. The van der Waals surface area contributed by atoms with Crippen molar-refractivity contribution >= 4 is 22.9 Å². The average molecular weight is 269 g/mol. The molecule has 0 fully saturated rings. The Morgan fingerprint density at radius 2 is 2.00 bits per heavy atom. The fourth-order valence-corrected chi connectivity index (χ4v) is 2.44. The van der Waals surface area contributed by atoms with E-state index in [4.69, 9.17) is 16.3 Å². The van der Waals surface area contributed by atoms with Crippen LogP contribution in [-0.4, -0.2) is 23.2 Å². The smallest absolute Gasteiger partial charge is 0.147 e. The van der Waals surface area contributed by atoms with Crippen LogP contribution in [0, 0.1) is 0 Å². The third kappa shape index (κ3) is 3.17. The van der Waals surface area contributed by atoms with Gasteiger partial charge in [-0.3, -0.25) is 0 Å². The normalized spacial score (nSPS) is 10.5. The molecule has 0 saturated heterocycles. The fraction of sp³-hybridized carbons (Fsp3) is 0.333. The molecule has 0 amide bonds. The van der Waals surface area contributed by atoms with E-state index < -0.39 is 0 Å². The van der Waals surface area contributed by atoms with E-state index in [1.54, 1.807) is 18.4 Å². The van der Waals surface area contributed by atoms with E-state index in [0.29, 0.717) is 5.88 Å². The van der Waals surface area contributed by atoms with Gasteiger partial charge in [-0.15, -0.1) is 21.8 Å². The van der Waals surface area contributed by atoms with Crippen molar-refractivity contribution in [1.29, 1.82) is 0 Å². The Morgan fingerprint density at radius 3 is 2.65 bits per heavy atom. The molecule has 90 valence electrons. The highest BCUT2D eigenvalue weighted by Gasteiger charge is 2.06. The predicted molar refractivity (Wildman–Crippen MR) is 70.9 cm³/mol. The third-order valence-electron chi connectivity index (χ3n) is 2.33. The van der Waals surface area contributed by atoms with E-state index in [1.807, 2.05) is 24.3 Å². The summed E-state index contributed by atoms with van der Waals surface area (Å²) in [5, 5.41) is 10.3. The van der Waals surface area contributed by atoms with Crippen molar-refractivity contribution in [3.63, 3.8) is 0 Å². The van der Waals surface area contributed by atoms with Gasteiger partial charge in [0.05, 0.1) is 7.11 Å². The molecule has 1 heterocycles. The van der Waals surface area contributed by atoms with Crippen LogP contribution in [0.1, 0.15) is 11.4 Å². The highest BCUT2D eigenvalue weighted by molar-refractivity contribution is 7.14. The lowest BCUT2D eigenvalue weighted by molar-refractivity contribution is 0.415. The number of hydrogen-bond donors (Lipinski definition) is 0. The standard InChI is InChI=1S/C12H13ClN2OS/c1-16-10-6-4-9(5-7-10)12-15-14-11(17-12)3-2-8-13/h4-7H,2-3,8H2,1H3. The number of benzene rings is 1. The Balaban J connectivity index is 2.12. The number of halogens is 1. The van der Waals surface area contributed by atoms with E-state index in [-0.39, 0.29) is 0 Å². The molecule has 17 heavy (non-hydrogen) atoms. The number of aryl methyl sites for hydroxylation is 1. The molecule has 3 nitrogen and oxygen atoms in total. The minimum absolute atomic E-state index is 0.664. The monoisotopic (exact) mass is 268 g/mol. The largest absolute Gasteiger partial charge is 0.497 e. The van der Waals surface area contributed by atoms with E-state index in [9.17, 15) is 0 Å². The van der Waals surface area contributed by atoms with E-state index in [1.165, 1.54) is 0 Å². The molecule has 0 bridgehead atoms. The van der Waals surface area contributed by atoms with Gasteiger partial charge in [0.1, 0.15) is 15.8 Å². The zero-order valence-electron chi connectivity index (χ0n) is 9.52. The summed E-state index contributed by atoms with van der Waals surface area (Å²) in [7, 11) is 1.66. The lowest BCUT2D eigenvalue weighted by atomic mass is 10.2. The zero-order chi connectivity index (χ0) is 12.1. The number of hydrogen-bond acceptors (Lipinski definition) is 4. The van der Waals surface area contributed by atoms with Crippen molar-refractivity contribution in [3.8, 4) is 16.3 Å². The SMILES string of the molecule is COc1ccc(-c2nnc(CCCCl)s2)cc1. The molecule has 1 aromatic carbocycles. The quantitative estimate of drug-likeness (QED) is 0.780. The molecule has 1 aromatic heterocycles. The molecule has 2 aromatic rings. The average Bonchev–Trinajstić information content (AvgIpc) is 2.85. The van der Waals surface area contributed by atoms with Gasteiger partial charge in [0.25, 0.3) is 0 Å². The molecule has 0 N–H and O–H groups in total. The maximum absolute atomic E-state index is 5.65. The summed E-state index contributed by atoms with van der Waals surface area (Å²) in [5.41, 5.74) is 1.07. The van der Waals surface area contributed by atoms with Gasteiger partial charge >= 0.3 is 0 Å². The van der Waals surface area contributed by atoms with E-state index in [0.717, 1.165) is 34.2 Å². The molecule has 0 aliphatic carbocycles. The predicted octanol–water partition coefficient (Wildman–Crippen LogP) is 3.39. The molecular weight excluding hydrogens is 256 g/mol. The first-order valence-electron chi connectivity index (χ1n) is 5.36. The third-order valence-corrected chi connectivity index (χ3v) is 3.63. The molecule has 0 aliphatic heterocycles. The summed E-state index contributed by atoms with van der Waals surface area (Å²) >= 11 is 7.27. The Bertz CT molecular complexity index is 470. The highest BCUT2D eigenvalue weighted by atomic mass is 35.5. The van der Waals surface area contributed by atoms with Crippen molar-refractivity contribution in [2.45, 2.75) is 12.8 Å². The lowest BCUT2D eigenvalue weighted by Crippen LogP contribution is -1.84. The van der Waals surface area contributed by atoms with Gasteiger partial charge in [-0.25, -0.2) is 0 Å². The van der Waals surface area contributed by atoms with Crippen molar-refractivity contribution in [3.05, 3.63) is 29.3 Å². The molecule has 0 aliphatic rings. The lowest BCUT2D eigenvalue weighted by Gasteiger charge is -1.99. The molecule has 0 unspecified atom stereocenters. The van der Waals surface area contributed by atoms with Crippen LogP contribution in [0.5, 0.6) is 5.75 Å². The maximum atomic E-state index is 5.65. The van der Waals surface area contributed by atoms with Crippen molar-refractivity contribution in [2.75, 3.05) is 13.0 Å². The second-order valence-electron chi connectivity index (χ2n) is 3.52. The first kappa shape index (κ1) is 12.3. The second kappa shape index (κ2) is 5.98. The second-order valence-corrected chi connectivity index (χ2v) is 4.96. The van der Waals surface area contributed by atoms with Crippen LogP contribution < -0.4 is 4.74 Å². The highest BCUT2D eigenvalue weighted by Crippen LogP contribution is 2.25. The number of nitrogens with zero attached hydrogens (tertiary/aromatic N) is 2. The Hall–Kier alpha value is -1.13. The van der Waals surface area contributed by atoms with Gasteiger partial charge < -0.3 is 4.74 Å². The molecule has 0 saturated carbocycles. The Kier molecular flexibility index (Phi) is 4.34. The van der Waals surface area contributed by atoms with Crippen LogP contribution in [0.3, 0.4) is 0 Å². The number of ether oxygens (including phenoxy) is 1. The van der Waals surface area contributed by atoms with Gasteiger partial charge in [-0.1, -0.05) is 11.3 Å². The summed E-state index contributed by atoms with van der Waals surface area (Å²) in [6.07, 6.45) is 1.84. The van der Waals surface area contributed by atoms with Gasteiger partial charge in [0.2, 0.25) is 0 Å². The van der Waals surface area contributed by atoms with Crippen molar-refractivity contribution < 1.29 is 4.74 Å². The van der Waals surface area contributed by atoms with Crippen LogP contribution in [-0.2, 0) is 6.42 Å². The van der Waals surface area contributed by atoms with Crippen LogP contribution in [0.25, 0.3) is 10.6 Å². The summed E-state index contributed by atoms with van der Waals surface area (Å²) in [5.74, 6) is 1.51. The number of alkyl halides is 1. The maximum Gasteiger partial charge on any atom is 0.147 e. The van der Waals surface area contributed by atoms with E-state index >= 15 is 0 Å². The Morgan fingerprint density at radius 1 is 1.24 bits per heavy atom. The molecule has 5 heteroatoms. The van der Waals surface area contributed by atoms with Crippen LogP contribution >= 0.6 is 22.9 Å². The molecular formula is C12H13ClN2OS. The van der Waals surface area contributed by atoms with Crippen LogP contribution in [0.2, 0.25) is 0 Å². The van der Waals surface area contributed by atoms with E-state index in [2.05, 4.69) is 10.2 Å². The first-order chi connectivity index (χ1) is 8.33. The number of aromatic nitrogens is 2. The topological polar surface area (TPSA) is 35.0 Å². The van der Waals surface area contributed by atoms with Gasteiger partial charge in [-0.2, -0.15) is 0 Å². The summed E-state index contributed by atoms with van der Waals surface area (Å²) in [4.78, 5) is 0. The molecule has 0 radical (unpaired) electrons. The van der Waals surface area contributed by atoms with Crippen molar-refractivity contribution in [1.82, 2.24) is 10.2 Å². The summed E-state index contributed by atoms with van der Waals surface area (Å²) in [6.45, 7) is 0. The zero-order valence-corrected chi connectivity index (χ0v) is 11.1. The van der Waals surface area contributed by atoms with Gasteiger partial charge in [0.15, 0.2) is 0 Å². The van der Waals surface area contributed by atoms with Gasteiger partial charge in [0, 0.05) is 17.9 Å².